The molecule has 0 aliphatic rings. The van der Waals surface area contributed by atoms with Gasteiger partial charge in [0.1, 0.15) is 0 Å². The monoisotopic (exact) mass is 192 g/mol. The minimum absolute atomic E-state index is 0.0321. The highest BCUT2D eigenvalue weighted by atomic mass is 32.1. The number of nitrogens with zero attached hydrogens (tertiary/aromatic N) is 1. The SMILES string of the molecule is NCC(=O)c1ccc2ncsc2c1. The van der Waals surface area contributed by atoms with Crippen LogP contribution in [0.25, 0.3) is 10.2 Å². The summed E-state index contributed by atoms with van der Waals surface area (Å²) in [4.78, 5) is 15.4. The Kier molecular flexibility index (Phi) is 2.08. The number of hydrogen-bond donors (Lipinski definition) is 1. The van der Waals surface area contributed by atoms with Gasteiger partial charge in [-0.1, -0.05) is 0 Å². The molecular formula is C9H8N2OS. The van der Waals surface area contributed by atoms with Crippen LogP contribution in [0.2, 0.25) is 0 Å². The topological polar surface area (TPSA) is 56.0 Å². The van der Waals surface area contributed by atoms with Gasteiger partial charge in [-0.05, 0) is 18.2 Å². The summed E-state index contributed by atoms with van der Waals surface area (Å²) in [5.41, 5.74) is 8.62. The summed E-state index contributed by atoms with van der Waals surface area (Å²) in [6.45, 7) is 0.0598. The number of nitrogens with two attached hydrogens (primary N) is 1. The molecule has 0 amide bonds. The average molecular weight is 192 g/mol. The van der Waals surface area contributed by atoms with Crippen molar-refractivity contribution >= 4 is 27.3 Å². The fourth-order valence-electron chi connectivity index (χ4n) is 1.15. The summed E-state index contributed by atoms with van der Waals surface area (Å²) in [5.74, 6) is -0.0321. The van der Waals surface area contributed by atoms with Crippen LogP contribution in [0.15, 0.2) is 23.7 Å². The van der Waals surface area contributed by atoms with Gasteiger partial charge in [-0.25, -0.2) is 4.98 Å². The zero-order valence-electron chi connectivity index (χ0n) is 6.86. The molecule has 2 aromatic rings. The fraction of sp³-hybridized carbons (Fsp3) is 0.111. The molecule has 0 radical (unpaired) electrons. The summed E-state index contributed by atoms with van der Waals surface area (Å²) in [6.07, 6.45) is 0. The summed E-state index contributed by atoms with van der Waals surface area (Å²) >= 11 is 1.53. The van der Waals surface area contributed by atoms with Crippen molar-refractivity contribution in [2.24, 2.45) is 5.73 Å². The van der Waals surface area contributed by atoms with Crippen LogP contribution < -0.4 is 5.73 Å². The fourth-order valence-corrected chi connectivity index (χ4v) is 1.86. The van der Waals surface area contributed by atoms with Gasteiger partial charge in [-0.15, -0.1) is 11.3 Å². The van der Waals surface area contributed by atoms with Crippen LogP contribution in [0.5, 0.6) is 0 Å². The highest BCUT2D eigenvalue weighted by molar-refractivity contribution is 7.16. The summed E-state index contributed by atoms with van der Waals surface area (Å²) in [7, 11) is 0. The molecule has 0 aliphatic heterocycles. The molecule has 0 saturated heterocycles. The lowest BCUT2D eigenvalue weighted by atomic mass is 10.1. The molecule has 0 fully saturated rings. The lowest BCUT2D eigenvalue weighted by molar-refractivity contribution is 0.100. The summed E-state index contributed by atoms with van der Waals surface area (Å²) < 4.78 is 1.03. The number of carbonyl (C=O) groups is 1. The number of Topliss-reactive ketones (excluding diaryl/α,β-unsaturated/α-hetero) is 1. The molecule has 1 heterocycles. The minimum Gasteiger partial charge on any atom is -0.324 e. The maximum atomic E-state index is 11.2. The van der Waals surface area contributed by atoms with Gasteiger partial charge in [-0.3, -0.25) is 4.79 Å². The van der Waals surface area contributed by atoms with Crippen molar-refractivity contribution in [1.29, 1.82) is 0 Å². The predicted molar refractivity (Wildman–Crippen MR) is 53.0 cm³/mol. The first-order chi connectivity index (χ1) is 6.31. The summed E-state index contributed by atoms with van der Waals surface area (Å²) in [5, 5.41) is 0. The van der Waals surface area contributed by atoms with Crippen LogP contribution in [-0.2, 0) is 0 Å². The van der Waals surface area contributed by atoms with Crippen LogP contribution in [0.3, 0.4) is 0 Å². The van der Waals surface area contributed by atoms with E-state index in [4.69, 9.17) is 5.73 Å². The van der Waals surface area contributed by atoms with Gasteiger partial charge < -0.3 is 5.73 Å². The van der Waals surface area contributed by atoms with Crippen molar-refractivity contribution < 1.29 is 4.79 Å². The Labute approximate surface area is 79.2 Å². The van der Waals surface area contributed by atoms with Gasteiger partial charge >= 0.3 is 0 Å². The lowest BCUT2D eigenvalue weighted by Crippen LogP contribution is -2.13. The summed E-state index contributed by atoms with van der Waals surface area (Å²) in [6, 6.07) is 5.44. The van der Waals surface area contributed by atoms with Crippen molar-refractivity contribution in [2.75, 3.05) is 6.54 Å². The van der Waals surface area contributed by atoms with Crippen LogP contribution in [-0.4, -0.2) is 17.3 Å². The molecule has 0 bridgehead atoms. The number of benzene rings is 1. The van der Waals surface area contributed by atoms with E-state index in [2.05, 4.69) is 4.98 Å². The Morgan fingerprint density at radius 1 is 1.54 bits per heavy atom. The minimum atomic E-state index is -0.0321. The lowest BCUT2D eigenvalue weighted by Gasteiger charge is -1.96. The first-order valence-electron chi connectivity index (χ1n) is 3.88. The maximum Gasteiger partial charge on any atom is 0.176 e. The van der Waals surface area contributed by atoms with Gasteiger partial charge in [0.2, 0.25) is 0 Å². The molecule has 1 aromatic carbocycles. The van der Waals surface area contributed by atoms with Crippen molar-refractivity contribution in [2.45, 2.75) is 0 Å². The highest BCUT2D eigenvalue weighted by Gasteiger charge is 2.04. The van der Waals surface area contributed by atoms with Crippen molar-refractivity contribution in [1.82, 2.24) is 4.98 Å². The van der Waals surface area contributed by atoms with Crippen molar-refractivity contribution in [3.8, 4) is 0 Å². The Bertz CT molecular complexity index is 450. The standard InChI is InChI=1S/C9H8N2OS/c10-4-8(12)6-1-2-7-9(3-6)13-5-11-7/h1-3,5H,4,10H2. The zero-order valence-corrected chi connectivity index (χ0v) is 7.67. The van der Waals surface area contributed by atoms with Crippen LogP contribution in [0, 0.1) is 0 Å². The van der Waals surface area contributed by atoms with E-state index in [1.165, 1.54) is 11.3 Å². The largest absolute Gasteiger partial charge is 0.324 e. The normalized spacial score (nSPS) is 10.5. The third-order valence-corrected chi connectivity index (χ3v) is 2.63. The molecule has 1 aromatic heterocycles. The van der Waals surface area contributed by atoms with Gasteiger partial charge in [0.15, 0.2) is 5.78 Å². The number of ketones is 1. The molecule has 66 valence electrons. The number of fused-ring (bicyclic) bond motifs is 1. The molecule has 0 saturated carbocycles. The Morgan fingerprint density at radius 3 is 3.15 bits per heavy atom. The Hall–Kier alpha value is -1.26. The first kappa shape index (κ1) is 8.34. The zero-order chi connectivity index (χ0) is 9.26. The highest BCUT2D eigenvalue weighted by Crippen LogP contribution is 2.18. The second kappa shape index (κ2) is 3.24. The maximum absolute atomic E-state index is 11.2. The van der Waals surface area contributed by atoms with E-state index in [0.29, 0.717) is 5.56 Å². The molecule has 2 rings (SSSR count). The molecule has 2 N–H and O–H groups in total. The van der Waals surface area contributed by atoms with E-state index >= 15 is 0 Å². The molecule has 0 spiro atoms. The van der Waals surface area contributed by atoms with E-state index in [9.17, 15) is 4.79 Å². The number of thiazole rings is 1. The number of rotatable bonds is 2. The third-order valence-electron chi connectivity index (χ3n) is 1.84. The number of aromatic nitrogens is 1. The smallest absolute Gasteiger partial charge is 0.176 e. The molecule has 0 aliphatic carbocycles. The molecule has 0 unspecified atom stereocenters. The molecule has 4 heteroatoms. The van der Waals surface area contributed by atoms with E-state index in [1.54, 1.807) is 11.6 Å². The van der Waals surface area contributed by atoms with E-state index < -0.39 is 0 Å². The van der Waals surface area contributed by atoms with E-state index in [1.807, 2.05) is 12.1 Å². The molecular weight excluding hydrogens is 184 g/mol. The predicted octanol–water partition coefficient (Wildman–Crippen LogP) is 1.44. The first-order valence-corrected chi connectivity index (χ1v) is 4.76. The van der Waals surface area contributed by atoms with E-state index in [-0.39, 0.29) is 12.3 Å². The Morgan fingerprint density at radius 2 is 2.38 bits per heavy atom. The van der Waals surface area contributed by atoms with Crippen molar-refractivity contribution in [3.05, 3.63) is 29.3 Å². The van der Waals surface area contributed by atoms with Gasteiger partial charge in [-0.2, -0.15) is 0 Å². The number of carbonyl (C=O) groups excluding carboxylic acids is 1. The van der Waals surface area contributed by atoms with Crippen LogP contribution in [0.4, 0.5) is 0 Å². The van der Waals surface area contributed by atoms with Crippen LogP contribution >= 0.6 is 11.3 Å². The average Bonchev–Trinajstić information content (AvgIpc) is 2.63. The second-order valence-electron chi connectivity index (χ2n) is 2.66. The Balaban J connectivity index is 2.54. The molecule has 3 nitrogen and oxygen atoms in total. The molecule has 13 heavy (non-hydrogen) atoms. The van der Waals surface area contributed by atoms with Gasteiger partial charge in [0.05, 0.1) is 22.3 Å². The van der Waals surface area contributed by atoms with E-state index in [0.717, 1.165) is 10.2 Å². The van der Waals surface area contributed by atoms with Gasteiger partial charge in [0, 0.05) is 5.56 Å². The van der Waals surface area contributed by atoms with Gasteiger partial charge in [0.25, 0.3) is 0 Å². The number of hydrogen-bond acceptors (Lipinski definition) is 4. The third kappa shape index (κ3) is 1.46. The molecule has 0 atom stereocenters. The van der Waals surface area contributed by atoms with Crippen molar-refractivity contribution in [3.63, 3.8) is 0 Å². The second-order valence-corrected chi connectivity index (χ2v) is 3.55. The quantitative estimate of drug-likeness (QED) is 0.732. The van der Waals surface area contributed by atoms with Crippen LogP contribution in [0.1, 0.15) is 10.4 Å².